The molecule has 4 rings (SSSR count). The first kappa shape index (κ1) is 20.9. The van der Waals surface area contributed by atoms with Crippen LogP contribution in [0.25, 0.3) is 11.3 Å². The van der Waals surface area contributed by atoms with Crippen LogP contribution in [0.15, 0.2) is 34.9 Å². The minimum Gasteiger partial charge on any atom is -0.441 e. The van der Waals surface area contributed by atoms with Crippen LogP contribution in [0, 0.1) is 25.5 Å². The average molecular weight is 427 g/mol. The van der Waals surface area contributed by atoms with E-state index in [0.717, 1.165) is 29.5 Å². The van der Waals surface area contributed by atoms with E-state index in [0.29, 0.717) is 38.5 Å². The van der Waals surface area contributed by atoms with E-state index in [-0.39, 0.29) is 23.7 Å². The van der Waals surface area contributed by atoms with E-state index >= 15 is 0 Å². The molecule has 3 aromatic rings. The number of carbonyl (C=O) groups excluding carboxylic acids is 1. The zero-order valence-corrected chi connectivity index (χ0v) is 17.4. The first-order valence-corrected chi connectivity index (χ1v) is 10.1. The van der Waals surface area contributed by atoms with Gasteiger partial charge in [0.1, 0.15) is 23.3 Å². The van der Waals surface area contributed by atoms with E-state index < -0.39 is 11.6 Å². The third kappa shape index (κ3) is 4.87. The second-order valence-corrected chi connectivity index (χ2v) is 7.52. The summed E-state index contributed by atoms with van der Waals surface area (Å²) in [7, 11) is 0. The van der Waals surface area contributed by atoms with Crippen LogP contribution in [-0.4, -0.2) is 51.9 Å². The summed E-state index contributed by atoms with van der Waals surface area (Å²) in [5.41, 5.74) is 1.06. The SMILES string of the molecule is Cc1cc(N2CCN(C(=O)CCc3ncc(-c4ccc(F)cc4F)o3)CC2)nc(C)n1. The fraction of sp³-hybridized carbons (Fsp3) is 0.364. The van der Waals surface area contributed by atoms with Crippen molar-refractivity contribution in [3.63, 3.8) is 0 Å². The monoisotopic (exact) mass is 427 g/mol. The lowest BCUT2D eigenvalue weighted by atomic mass is 10.2. The highest BCUT2D eigenvalue weighted by Gasteiger charge is 2.23. The maximum Gasteiger partial charge on any atom is 0.223 e. The standard InChI is InChI=1S/C22H23F2N5O2/c1-14-11-20(27-15(2)26-14)28-7-9-29(10-8-28)22(30)6-5-21-25-13-19(31-21)17-4-3-16(23)12-18(17)24/h3-4,11-13H,5-10H2,1-2H3. The highest BCUT2D eigenvalue weighted by atomic mass is 19.1. The fourth-order valence-corrected chi connectivity index (χ4v) is 3.66. The first-order valence-electron chi connectivity index (χ1n) is 10.1. The smallest absolute Gasteiger partial charge is 0.223 e. The van der Waals surface area contributed by atoms with E-state index in [2.05, 4.69) is 19.9 Å². The molecule has 0 unspecified atom stereocenters. The van der Waals surface area contributed by atoms with Crippen LogP contribution in [0.4, 0.5) is 14.6 Å². The molecule has 31 heavy (non-hydrogen) atoms. The van der Waals surface area contributed by atoms with Crippen molar-refractivity contribution < 1.29 is 18.0 Å². The van der Waals surface area contributed by atoms with Gasteiger partial charge in [-0.05, 0) is 26.0 Å². The Hall–Kier alpha value is -3.36. The predicted octanol–water partition coefficient (Wildman–Crippen LogP) is 3.31. The maximum atomic E-state index is 13.9. The van der Waals surface area contributed by atoms with Crippen LogP contribution in [0.1, 0.15) is 23.8 Å². The Balaban J connectivity index is 1.30. The van der Waals surface area contributed by atoms with Gasteiger partial charge in [0.05, 0.1) is 11.8 Å². The van der Waals surface area contributed by atoms with Crippen LogP contribution < -0.4 is 4.90 Å². The number of amides is 1. The molecule has 162 valence electrons. The molecule has 0 saturated carbocycles. The van der Waals surface area contributed by atoms with Gasteiger partial charge in [-0.1, -0.05) is 0 Å². The van der Waals surface area contributed by atoms with Crippen LogP contribution in [0.2, 0.25) is 0 Å². The number of aromatic nitrogens is 3. The number of hydrogen-bond donors (Lipinski definition) is 0. The Morgan fingerprint density at radius 3 is 2.58 bits per heavy atom. The normalized spacial score (nSPS) is 14.2. The summed E-state index contributed by atoms with van der Waals surface area (Å²) in [6, 6.07) is 5.22. The molecule has 1 amide bonds. The zero-order chi connectivity index (χ0) is 22.0. The lowest BCUT2D eigenvalue weighted by Gasteiger charge is -2.35. The number of carbonyl (C=O) groups is 1. The van der Waals surface area contributed by atoms with Gasteiger partial charge in [-0.2, -0.15) is 0 Å². The third-order valence-electron chi connectivity index (χ3n) is 5.21. The average Bonchev–Trinajstić information content (AvgIpc) is 3.20. The number of halogens is 2. The largest absolute Gasteiger partial charge is 0.441 e. The van der Waals surface area contributed by atoms with E-state index in [9.17, 15) is 13.6 Å². The number of aryl methyl sites for hydroxylation is 3. The first-order chi connectivity index (χ1) is 14.9. The van der Waals surface area contributed by atoms with Crippen molar-refractivity contribution in [2.45, 2.75) is 26.7 Å². The van der Waals surface area contributed by atoms with E-state index in [4.69, 9.17) is 4.42 Å². The van der Waals surface area contributed by atoms with Crippen LogP contribution in [-0.2, 0) is 11.2 Å². The lowest BCUT2D eigenvalue weighted by Crippen LogP contribution is -2.49. The van der Waals surface area contributed by atoms with Crippen molar-refractivity contribution >= 4 is 11.7 Å². The van der Waals surface area contributed by atoms with Crippen LogP contribution in [0.5, 0.6) is 0 Å². The lowest BCUT2D eigenvalue weighted by molar-refractivity contribution is -0.131. The molecule has 0 spiro atoms. The molecule has 3 heterocycles. The molecule has 0 atom stereocenters. The van der Waals surface area contributed by atoms with Gasteiger partial charge in [0, 0.05) is 56.8 Å². The summed E-state index contributed by atoms with van der Waals surface area (Å²) >= 11 is 0. The zero-order valence-electron chi connectivity index (χ0n) is 17.4. The fourth-order valence-electron chi connectivity index (χ4n) is 3.66. The third-order valence-corrected chi connectivity index (χ3v) is 5.21. The van der Waals surface area contributed by atoms with Crippen molar-refractivity contribution in [3.8, 4) is 11.3 Å². The van der Waals surface area contributed by atoms with Gasteiger partial charge < -0.3 is 14.2 Å². The molecule has 1 aromatic carbocycles. The molecule has 1 saturated heterocycles. The predicted molar refractivity (Wildman–Crippen MR) is 110 cm³/mol. The van der Waals surface area contributed by atoms with Gasteiger partial charge in [-0.3, -0.25) is 4.79 Å². The van der Waals surface area contributed by atoms with E-state index in [1.165, 1.54) is 12.3 Å². The number of oxazole rings is 1. The van der Waals surface area contributed by atoms with Crippen LogP contribution >= 0.6 is 0 Å². The van der Waals surface area contributed by atoms with Gasteiger partial charge >= 0.3 is 0 Å². The summed E-state index contributed by atoms with van der Waals surface area (Å²) in [5.74, 6) is 0.822. The summed E-state index contributed by atoms with van der Waals surface area (Å²) in [4.78, 5) is 29.5. The molecular weight excluding hydrogens is 404 g/mol. The quantitative estimate of drug-likeness (QED) is 0.622. The van der Waals surface area contributed by atoms with Crippen LogP contribution in [0.3, 0.4) is 0 Å². The topological polar surface area (TPSA) is 75.4 Å². The Morgan fingerprint density at radius 2 is 1.87 bits per heavy atom. The molecule has 1 fully saturated rings. The Morgan fingerprint density at radius 1 is 1.10 bits per heavy atom. The molecule has 0 bridgehead atoms. The van der Waals surface area contributed by atoms with Gasteiger partial charge in [-0.25, -0.2) is 23.7 Å². The molecule has 1 aliphatic heterocycles. The molecule has 1 aliphatic rings. The second kappa shape index (κ2) is 8.79. The summed E-state index contributed by atoms with van der Waals surface area (Å²) in [6.07, 6.45) is 1.95. The van der Waals surface area contributed by atoms with Gasteiger partial charge in [0.2, 0.25) is 5.91 Å². The number of anilines is 1. The van der Waals surface area contributed by atoms with Crippen molar-refractivity contribution in [1.82, 2.24) is 19.9 Å². The number of nitrogens with zero attached hydrogens (tertiary/aromatic N) is 5. The Kier molecular flexibility index (Phi) is 5.92. The minimum absolute atomic E-state index is 0.0161. The van der Waals surface area contributed by atoms with Crippen molar-refractivity contribution in [1.29, 1.82) is 0 Å². The van der Waals surface area contributed by atoms with Gasteiger partial charge in [0.25, 0.3) is 0 Å². The molecule has 0 aliphatic carbocycles. The molecule has 2 aromatic heterocycles. The molecule has 9 heteroatoms. The molecule has 0 radical (unpaired) electrons. The number of benzene rings is 1. The molecular formula is C22H23F2N5O2. The van der Waals surface area contributed by atoms with Gasteiger partial charge in [-0.15, -0.1) is 0 Å². The van der Waals surface area contributed by atoms with Gasteiger partial charge in [0.15, 0.2) is 11.7 Å². The summed E-state index contributed by atoms with van der Waals surface area (Å²) in [6.45, 7) is 6.44. The Labute approximate surface area is 178 Å². The van der Waals surface area contributed by atoms with Crippen molar-refractivity contribution in [2.75, 3.05) is 31.1 Å². The molecule has 0 N–H and O–H groups in total. The summed E-state index contributed by atoms with van der Waals surface area (Å²) < 4.78 is 32.5. The van der Waals surface area contributed by atoms with Crippen molar-refractivity contribution in [2.24, 2.45) is 0 Å². The number of hydrogen-bond acceptors (Lipinski definition) is 6. The minimum atomic E-state index is -0.717. The highest BCUT2D eigenvalue weighted by molar-refractivity contribution is 5.76. The Bertz CT molecular complexity index is 1070. The summed E-state index contributed by atoms with van der Waals surface area (Å²) in [5, 5.41) is 0. The van der Waals surface area contributed by atoms with E-state index in [1.54, 1.807) is 0 Å². The van der Waals surface area contributed by atoms with E-state index in [1.807, 2.05) is 24.8 Å². The van der Waals surface area contributed by atoms with Crippen molar-refractivity contribution in [3.05, 3.63) is 59.5 Å². The molecule has 7 nitrogen and oxygen atoms in total. The maximum absolute atomic E-state index is 13.9. The number of rotatable bonds is 5. The second-order valence-electron chi connectivity index (χ2n) is 7.52. The number of piperazine rings is 1. The highest BCUT2D eigenvalue weighted by Crippen LogP contribution is 2.24.